The highest BCUT2D eigenvalue weighted by molar-refractivity contribution is 7.85. The summed E-state index contributed by atoms with van der Waals surface area (Å²) in [4.78, 5) is 35.6. The van der Waals surface area contributed by atoms with Gasteiger partial charge in [-0.25, -0.2) is 0 Å². The summed E-state index contributed by atoms with van der Waals surface area (Å²) >= 11 is 0. The minimum absolute atomic E-state index is 0.0934. The Morgan fingerprint density at radius 1 is 1.21 bits per heavy atom. The van der Waals surface area contributed by atoms with Gasteiger partial charge in [0.05, 0.1) is 11.3 Å². The SMILES string of the molecule is CC1(C)/C(=C\c2c(O)c(=O)c2=O)N(CCCS(=O)(=O)O)c2ccc(OC=O)cc21. The van der Waals surface area contributed by atoms with Crippen LogP contribution in [0.15, 0.2) is 33.5 Å². The highest BCUT2D eigenvalue weighted by Crippen LogP contribution is 2.49. The summed E-state index contributed by atoms with van der Waals surface area (Å²) in [5.74, 6) is -0.760. The molecule has 3 rings (SSSR count). The maximum Gasteiger partial charge on any atom is 0.298 e. The molecule has 0 bridgehead atoms. The van der Waals surface area contributed by atoms with Crippen molar-refractivity contribution in [3.63, 3.8) is 0 Å². The van der Waals surface area contributed by atoms with Crippen molar-refractivity contribution in [1.29, 1.82) is 0 Å². The summed E-state index contributed by atoms with van der Waals surface area (Å²) in [7, 11) is -4.15. The van der Waals surface area contributed by atoms with Crippen LogP contribution < -0.4 is 20.5 Å². The molecule has 0 unspecified atom stereocenters. The van der Waals surface area contributed by atoms with Gasteiger partial charge in [0.2, 0.25) is 5.43 Å². The number of nitrogens with zero attached hydrogens (tertiary/aromatic N) is 1. The molecule has 0 atom stereocenters. The number of allylic oxidation sites excluding steroid dienone is 1. The highest BCUT2D eigenvalue weighted by atomic mass is 32.2. The van der Waals surface area contributed by atoms with Crippen molar-refractivity contribution in [2.24, 2.45) is 0 Å². The zero-order chi connectivity index (χ0) is 21.6. The van der Waals surface area contributed by atoms with Crippen LogP contribution in [0.25, 0.3) is 6.08 Å². The largest absolute Gasteiger partial charge is 0.504 e. The van der Waals surface area contributed by atoms with E-state index in [1.807, 2.05) is 13.8 Å². The monoisotopic (exact) mass is 421 g/mol. The molecule has 0 amide bonds. The summed E-state index contributed by atoms with van der Waals surface area (Å²) in [6, 6.07) is 4.91. The second-order valence-electron chi connectivity index (χ2n) is 7.26. The summed E-state index contributed by atoms with van der Waals surface area (Å²) in [5, 5.41) is 9.75. The van der Waals surface area contributed by atoms with Crippen LogP contribution in [-0.2, 0) is 20.3 Å². The van der Waals surface area contributed by atoms with E-state index in [1.165, 1.54) is 6.08 Å². The lowest BCUT2D eigenvalue weighted by Gasteiger charge is -2.27. The summed E-state index contributed by atoms with van der Waals surface area (Å²) in [6.45, 7) is 4.17. The van der Waals surface area contributed by atoms with E-state index in [0.717, 1.165) is 5.56 Å². The van der Waals surface area contributed by atoms with Crippen LogP contribution in [0.3, 0.4) is 0 Å². The second kappa shape index (κ2) is 7.12. The Balaban J connectivity index is 2.09. The molecule has 1 aliphatic rings. The third-order valence-corrected chi connectivity index (χ3v) is 5.84. The van der Waals surface area contributed by atoms with Gasteiger partial charge in [0, 0.05) is 23.3 Å². The molecule has 29 heavy (non-hydrogen) atoms. The molecule has 9 nitrogen and oxygen atoms in total. The average Bonchev–Trinajstić information content (AvgIpc) is 2.85. The van der Waals surface area contributed by atoms with Crippen molar-refractivity contribution in [1.82, 2.24) is 0 Å². The molecule has 2 aromatic rings. The number of ether oxygens (including phenoxy) is 1. The Morgan fingerprint density at radius 2 is 1.90 bits per heavy atom. The maximum absolute atomic E-state index is 11.8. The van der Waals surface area contributed by atoms with Gasteiger partial charge in [-0.3, -0.25) is 18.9 Å². The zero-order valence-electron chi connectivity index (χ0n) is 15.7. The Kier molecular flexibility index (Phi) is 5.10. The van der Waals surface area contributed by atoms with Gasteiger partial charge in [-0.15, -0.1) is 0 Å². The molecule has 2 aromatic carbocycles. The molecule has 0 aliphatic carbocycles. The first kappa shape index (κ1) is 20.7. The molecular weight excluding hydrogens is 402 g/mol. The minimum Gasteiger partial charge on any atom is -0.504 e. The Bertz CT molecular complexity index is 1190. The minimum atomic E-state index is -4.15. The number of hydrogen-bond acceptors (Lipinski definition) is 8. The molecule has 10 heteroatoms. The molecule has 2 N–H and O–H groups in total. The second-order valence-corrected chi connectivity index (χ2v) is 8.83. The molecule has 0 spiro atoms. The molecular formula is C19H19NO8S. The molecule has 154 valence electrons. The summed E-state index contributed by atoms with van der Waals surface area (Å²) in [5.41, 5.74) is -0.610. The molecule has 1 aliphatic heterocycles. The number of anilines is 1. The van der Waals surface area contributed by atoms with E-state index >= 15 is 0 Å². The van der Waals surface area contributed by atoms with E-state index < -0.39 is 37.9 Å². The van der Waals surface area contributed by atoms with E-state index in [4.69, 9.17) is 9.29 Å². The summed E-state index contributed by atoms with van der Waals surface area (Å²) < 4.78 is 36.1. The van der Waals surface area contributed by atoms with Crippen molar-refractivity contribution in [3.8, 4) is 11.5 Å². The van der Waals surface area contributed by atoms with E-state index in [1.54, 1.807) is 23.1 Å². The molecule has 0 saturated carbocycles. The zero-order valence-corrected chi connectivity index (χ0v) is 16.5. The lowest BCUT2D eigenvalue weighted by Crippen LogP contribution is -2.34. The van der Waals surface area contributed by atoms with Crippen molar-refractivity contribution < 1.29 is 27.6 Å². The van der Waals surface area contributed by atoms with Crippen LogP contribution in [0, 0.1) is 0 Å². The molecule has 1 heterocycles. The standard InChI is InChI=1S/C19H19NO8S/c1-19(2)13-8-11(28-10-21)4-5-14(13)20(6-3-7-29(25,26)27)15(19)9-12-16(22)18(24)17(12)23/h4-5,8-10,22H,3,6-7H2,1-2H3,(H,25,26,27)/b15-9+. The Morgan fingerprint density at radius 3 is 2.48 bits per heavy atom. The van der Waals surface area contributed by atoms with Crippen LogP contribution in [0.4, 0.5) is 5.69 Å². The molecule has 0 radical (unpaired) electrons. The topological polar surface area (TPSA) is 138 Å². The quantitative estimate of drug-likeness (QED) is 0.380. The predicted molar refractivity (Wildman–Crippen MR) is 106 cm³/mol. The van der Waals surface area contributed by atoms with Crippen LogP contribution in [0.1, 0.15) is 31.4 Å². The molecule has 0 aromatic heterocycles. The van der Waals surface area contributed by atoms with Crippen LogP contribution >= 0.6 is 0 Å². The molecule has 0 saturated heterocycles. The van der Waals surface area contributed by atoms with Crippen molar-refractivity contribution in [3.05, 3.63) is 55.5 Å². The van der Waals surface area contributed by atoms with Gasteiger partial charge in [-0.2, -0.15) is 8.42 Å². The fourth-order valence-corrected chi connectivity index (χ4v) is 4.05. The van der Waals surface area contributed by atoms with Gasteiger partial charge in [0.15, 0.2) is 5.75 Å². The number of benzene rings is 1. The van der Waals surface area contributed by atoms with E-state index in [2.05, 4.69) is 0 Å². The third-order valence-electron chi connectivity index (χ3n) is 5.03. The van der Waals surface area contributed by atoms with E-state index in [9.17, 15) is 27.9 Å². The Labute approximate surface area is 166 Å². The smallest absolute Gasteiger partial charge is 0.298 e. The number of fused-ring (bicyclic) bond motifs is 1. The first-order valence-corrected chi connectivity index (χ1v) is 10.3. The van der Waals surface area contributed by atoms with Gasteiger partial charge < -0.3 is 14.7 Å². The predicted octanol–water partition coefficient (Wildman–Crippen LogP) is 0.940. The lowest BCUT2D eigenvalue weighted by atomic mass is 9.83. The van der Waals surface area contributed by atoms with Gasteiger partial charge in [-0.1, -0.05) is 13.8 Å². The number of carbonyl (C=O) groups is 1. The van der Waals surface area contributed by atoms with Crippen molar-refractivity contribution in [2.45, 2.75) is 25.7 Å². The number of carbonyl (C=O) groups excluding carboxylic acids is 1. The van der Waals surface area contributed by atoms with Gasteiger partial charge in [-0.05, 0) is 36.3 Å². The highest BCUT2D eigenvalue weighted by Gasteiger charge is 2.41. The van der Waals surface area contributed by atoms with E-state index in [-0.39, 0.29) is 18.5 Å². The fraction of sp³-hybridized carbons (Fsp3) is 0.316. The first-order valence-electron chi connectivity index (χ1n) is 8.69. The lowest BCUT2D eigenvalue weighted by molar-refractivity contribution is -0.120. The Hall–Kier alpha value is -2.98. The normalized spacial score (nSPS) is 16.9. The van der Waals surface area contributed by atoms with Gasteiger partial charge >= 0.3 is 0 Å². The molecule has 0 fully saturated rings. The van der Waals surface area contributed by atoms with Gasteiger partial charge in [0.1, 0.15) is 5.75 Å². The van der Waals surface area contributed by atoms with Crippen LogP contribution in [0.2, 0.25) is 0 Å². The summed E-state index contributed by atoms with van der Waals surface area (Å²) in [6.07, 6.45) is 1.50. The fourth-order valence-electron chi connectivity index (χ4n) is 3.56. The average molecular weight is 421 g/mol. The maximum atomic E-state index is 11.8. The van der Waals surface area contributed by atoms with Gasteiger partial charge in [0.25, 0.3) is 22.0 Å². The van der Waals surface area contributed by atoms with Crippen LogP contribution in [-0.4, -0.2) is 36.8 Å². The number of rotatable bonds is 7. The number of hydrogen-bond donors (Lipinski definition) is 2. The van der Waals surface area contributed by atoms with Crippen molar-refractivity contribution in [2.75, 3.05) is 17.2 Å². The van der Waals surface area contributed by atoms with Crippen LogP contribution in [0.5, 0.6) is 11.5 Å². The first-order chi connectivity index (χ1) is 13.5. The van der Waals surface area contributed by atoms with E-state index in [0.29, 0.717) is 23.6 Å². The third kappa shape index (κ3) is 3.68. The van der Waals surface area contributed by atoms with Crippen molar-refractivity contribution >= 4 is 28.4 Å². The number of aromatic hydroxyl groups is 1.